The molecule has 0 spiro atoms. The standard InChI is InChI=1S/C17H19N7O6S.Na/c1-7(25)22-6-30-14-9(11(16(28)29)24-12(14)13(22)15(24)27)5-31-17-19-20-21-23(17)4-10(26)18-8-2-3-8;/h8,12-14H,2-6H2,1H3,(H,18,26)(H,28,29);/q;+1/p-1/t12-,13-,14?;/m0./s1. The molecule has 0 aromatic carbocycles. The Morgan fingerprint density at radius 2 is 2.06 bits per heavy atom. The van der Waals surface area contributed by atoms with Crippen LogP contribution < -0.4 is 40.0 Å². The summed E-state index contributed by atoms with van der Waals surface area (Å²) >= 11 is 1.13. The Hall–Kier alpha value is -2.00. The molecule has 2 saturated heterocycles. The molecule has 3 atom stereocenters. The Morgan fingerprint density at radius 3 is 2.72 bits per heavy atom. The van der Waals surface area contributed by atoms with Gasteiger partial charge in [0.2, 0.25) is 17.0 Å². The van der Waals surface area contributed by atoms with Crippen LogP contribution in [0.2, 0.25) is 0 Å². The Labute approximate surface area is 208 Å². The van der Waals surface area contributed by atoms with Crippen LogP contribution in [-0.2, 0) is 30.5 Å². The van der Waals surface area contributed by atoms with E-state index in [-0.39, 0.29) is 72.1 Å². The minimum absolute atomic E-state index is 0. The van der Waals surface area contributed by atoms with E-state index < -0.39 is 30.1 Å². The van der Waals surface area contributed by atoms with Crippen LogP contribution in [0.4, 0.5) is 0 Å². The van der Waals surface area contributed by atoms with Gasteiger partial charge in [-0.05, 0) is 28.8 Å². The van der Waals surface area contributed by atoms with E-state index in [2.05, 4.69) is 20.8 Å². The van der Waals surface area contributed by atoms with Gasteiger partial charge in [-0.25, -0.2) is 4.68 Å². The molecule has 1 N–H and O–H groups in total. The number of thioether (sulfide) groups is 1. The number of ether oxygens (including phenoxy) is 1. The molecule has 0 bridgehead atoms. The first-order valence-electron chi connectivity index (χ1n) is 9.71. The van der Waals surface area contributed by atoms with Crippen LogP contribution in [0.25, 0.3) is 0 Å². The molecule has 4 heterocycles. The number of β-lactam (4-membered cyclic amide) rings is 1. The first-order valence-corrected chi connectivity index (χ1v) is 10.7. The van der Waals surface area contributed by atoms with Gasteiger partial charge < -0.3 is 24.9 Å². The summed E-state index contributed by atoms with van der Waals surface area (Å²) in [6.45, 7) is 1.17. The van der Waals surface area contributed by atoms with Gasteiger partial charge in [-0.3, -0.25) is 19.3 Å². The summed E-state index contributed by atoms with van der Waals surface area (Å²) in [6, 6.07) is -1.12. The van der Waals surface area contributed by atoms with Gasteiger partial charge in [0.05, 0.1) is 17.7 Å². The van der Waals surface area contributed by atoms with Crippen molar-refractivity contribution in [3.63, 3.8) is 0 Å². The van der Waals surface area contributed by atoms with Crippen molar-refractivity contribution in [1.82, 2.24) is 35.3 Å². The predicted octanol–water partition coefficient (Wildman–Crippen LogP) is -6.15. The molecule has 3 aliphatic heterocycles. The zero-order chi connectivity index (χ0) is 21.9. The number of hydrogen-bond donors (Lipinski definition) is 1. The van der Waals surface area contributed by atoms with E-state index in [1.807, 2.05) is 0 Å². The van der Waals surface area contributed by atoms with Gasteiger partial charge in [0.25, 0.3) is 5.91 Å². The fourth-order valence-electron chi connectivity index (χ4n) is 4.15. The summed E-state index contributed by atoms with van der Waals surface area (Å²) < 4.78 is 7.09. The maximum atomic E-state index is 12.6. The van der Waals surface area contributed by atoms with E-state index in [1.54, 1.807) is 0 Å². The van der Waals surface area contributed by atoms with E-state index in [1.165, 1.54) is 16.5 Å². The van der Waals surface area contributed by atoms with Gasteiger partial charge in [0, 0.05) is 18.7 Å². The van der Waals surface area contributed by atoms with E-state index >= 15 is 0 Å². The number of carbonyl (C=O) groups excluding carboxylic acids is 4. The van der Waals surface area contributed by atoms with Gasteiger partial charge in [-0.1, -0.05) is 11.8 Å². The third kappa shape index (κ3) is 3.83. The van der Waals surface area contributed by atoms with Crippen LogP contribution >= 0.6 is 11.8 Å². The molecule has 3 amide bonds. The Balaban J connectivity index is 0.00000245. The first-order chi connectivity index (χ1) is 14.9. The number of hydrogen-bond acceptors (Lipinski definition) is 10. The summed E-state index contributed by atoms with van der Waals surface area (Å²) in [4.78, 5) is 50.7. The van der Waals surface area contributed by atoms with Crippen molar-refractivity contribution in [2.45, 2.75) is 55.7 Å². The molecular weight excluding hydrogens is 453 g/mol. The number of carboxylic acids is 1. The van der Waals surface area contributed by atoms with Crippen LogP contribution in [0.1, 0.15) is 19.8 Å². The van der Waals surface area contributed by atoms with E-state index in [9.17, 15) is 24.3 Å². The molecule has 3 fully saturated rings. The van der Waals surface area contributed by atoms with E-state index in [4.69, 9.17) is 4.74 Å². The zero-order valence-electron chi connectivity index (χ0n) is 17.4. The molecule has 164 valence electrons. The van der Waals surface area contributed by atoms with Crippen molar-refractivity contribution < 1.29 is 58.6 Å². The van der Waals surface area contributed by atoms with Crippen molar-refractivity contribution in [2.75, 3.05) is 12.5 Å². The average molecular weight is 471 g/mol. The SMILES string of the molecule is CC(=O)N1COC2C(CSc3nnnn3CC(=O)NC3CC3)=C(C(=O)[O-])N3C(=O)[C@@H]1[C@@H]23.[Na+]. The van der Waals surface area contributed by atoms with Gasteiger partial charge in [-0.15, -0.1) is 5.10 Å². The molecule has 5 rings (SSSR count). The third-order valence-electron chi connectivity index (χ3n) is 5.73. The molecule has 4 aliphatic rings. The number of nitrogens with one attached hydrogen (secondary N) is 1. The molecular formula is C17H18N7NaO6S. The van der Waals surface area contributed by atoms with E-state index in [0.717, 1.165) is 29.5 Å². The minimum atomic E-state index is -1.49. The third-order valence-corrected chi connectivity index (χ3v) is 6.74. The quantitative estimate of drug-likeness (QED) is 0.230. The second-order valence-electron chi connectivity index (χ2n) is 7.76. The molecule has 1 aliphatic carbocycles. The molecule has 1 aromatic heterocycles. The molecule has 1 saturated carbocycles. The molecule has 13 nitrogen and oxygen atoms in total. The Bertz CT molecular complexity index is 1030. The molecule has 0 radical (unpaired) electrons. The molecule has 1 unspecified atom stereocenters. The number of rotatable bonds is 7. The van der Waals surface area contributed by atoms with Gasteiger partial charge in [0.15, 0.2) is 0 Å². The molecule has 15 heteroatoms. The van der Waals surface area contributed by atoms with Crippen molar-refractivity contribution >= 4 is 35.5 Å². The summed E-state index contributed by atoms with van der Waals surface area (Å²) in [5.74, 6) is -2.36. The van der Waals surface area contributed by atoms with E-state index in [0.29, 0.717) is 10.7 Å². The van der Waals surface area contributed by atoms with Crippen molar-refractivity contribution in [2.24, 2.45) is 0 Å². The summed E-state index contributed by atoms with van der Waals surface area (Å²) in [5, 5.41) is 26.3. The first kappa shape index (κ1) is 23.2. The van der Waals surface area contributed by atoms with Crippen molar-refractivity contribution in [1.29, 1.82) is 0 Å². The summed E-state index contributed by atoms with van der Waals surface area (Å²) in [5.41, 5.74) is 0.130. The monoisotopic (exact) mass is 471 g/mol. The van der Waals surface area contributed by atoms with Crippen LogP contribution in [0.3, 0.4) is 0 Å². The average Bonchev–Trinajstić information content (AvgIpc) is 3.32. The second kappa shape index (κ2) is 8.74. The number of nitrogens with zero attached hydrogens (tertiary/aromatic N) is 6. The Kier molecular flexibility index (Phi) is 6.33. The Morgan fingerprint density at radius 1 is 1.31 bits per heavy atom. The number of carbonyl (C=O) groups is 4. The molecule has 1 aromatic rings. The fraction of sp³-hybridized carbons (Fsp3) is 0.588. The van der Waals surface area contributed by atoms with Crippen LogP contribution in [0, 0.1) is 0 Å². The fourth-order valence-corrected chi connectivity index (χ4v) is 5.08. The van der Waals surface area contributed by atoms with Crippen LogP contribution in [0.5, 0.6) is 0 Å². The van der Waals surface area contributed by atoms with Crippen molar-refractivity contribution in [3.05, 3.63) is 11.3 Å². The van der Waals surface area contributed by atoms with Gasteiger partial charge in [0.1, 0.15) is 25.4 Å². The topological polar surface area (TPSA) is 163 Å². The molecule has 32 heavy (non-hydrogen) atoms. The largest absolute Gasteiger partial charge is 1.00 e. The number of tetrazole rings is 1. The smallest absolute Gasteiger partial charge is 0.543 e. The van der Waals surface area contributed by atoms with Crippen molar-refractivity contribution in [3.8, 4) is 0 Å². The second-order valence-corrected chi connectivity index (χ2v) is 8.70. The van der Waals surface area contributed by atoms with Gasteiger partial charge >= 0.3 is 29.6 Å². The zero-order valence-corrected chi connectivity index (χ0v) is 20.2. The maximum absolute atomic E-state index is 12.6. The number of aromatic nitrogens is 4. The predicted molar refractivity (Wildman–Crippen MR) is 98.4 cm³/mol. The number of amides is 3. The van der Waals surface area contributed by atoms with Crippen LogP contribution in [0.15, 0.2) is 16.4 Å². The number of carboxylic acid groups (broad SMARTS) is 1. The normalized spacial score (nSPS) is 25.8. The van der Waals surface area contributed by atoms with Gasteiger partial charge in [-0.2, -0.15) is 0 Å². The summed E-state index contributed by atoms with van der Waals surface area (Å²) in [6.07, 6.45) is 1.26. The summed E-state index contributed by atoms with van der Waals surface area (Å²) in [7, 11) is 0. The number of aliphatic carboxylic acids is 1. The maximum Gasteiger partial charge on any atom is 1.00 e. The van der Waals surface area contributed by atoms with Crippen LogP contribution in [-0.4, -0.2) is 90.4 Å². The minimum Gasteiger partial charge on any atom is -0.543 e.